The first kappa shape index (κ1) is 20.5. The number of hydrogen-bond acceptors (Lipinski definition) is 6. The molecule has 8 nitrogen and oxygen atoms in total. The van der Waals surface area contributed by atoms with Crippen LogP contribution in [0.1, 0.15) is 19.4 Å². The number of aryl methyl sites for hydroxylation is 1. The fourth-order valence-corrected chi connectivity index (χ4v) is 3.56. The van der Waals surface area contributed by atoms with Crippen LogP contribution in [-0.4, -0.2) is 43.5 Å². The molecule has 9 heteroatoms. The second-order valence-corrected chi connectivity index (χ2v) is 7.58. The fourth-order valence-electron chi connectivity index (χ4n) is 2.70. The van der Waals surface area contributed by atoms with E-state index in [0.29, 0.717) is 17.5 Å². The summed E-state index contributed by atoms with van der Waals surface area (Å²) in [7, 11) is 0. The molecule has 3 aromatic rings. The summed E-state index contributed by atoms with van der Waals surface area (Å²) in [4.78, 5) is 28.1. The molecule has 0 unspecified atom stereocenters. The summed E-state index contributed by atoms with van der Waals surface area (Å²) >= 11 is 1.24. The number of nitrogens with zero attached hydrogens (tertiary/aromatic N) is 4. The number of rotatable bonds is 6. The van der Waals surface area contributed by atoms with Gasteiger partial charge in [-0.2, -0.15) is 0 Å². The van der Waals surface area contributed by atoms with Crippen LogP contribution < -0.4 is 10.6 Å². The Morgan fingerprint density at radius 2 is 1.86 bits per heavy atom. The monoisotopic (exact) mass is 410 g/mol. The van der Waals surface area contributed by atoms with Gasteiger partial charge in [-0.1, -0.05) is 30.0 Å². The molecule has 0 aliphatic rings. The Labute approximate surface area is 173 Å². The maximum atomic E-state index is 12.4. The van der Waals surface area contributed by atoms with E-state index in [1.807, 2.05) is 47.9 Å². The normalized spacial score (nSPS) is 11.7. The Morgan fingerprint density at radius 1 is 1.14 bits per heavy atom. The second-order valence-electron chi connectivity index (χ2n) is 6.27. The number of imide groups is 1. The number of amides is 3. The number of nitrogens with one attached hydrogen (secondary N) is 2. The molecule has 150 valence electrons. The quantitative estimate of drug-likeness (QED) is 0.606. The van der Waals surface area contributed by atoms with Gasteiger partial charge in [-0.05, 0) is 44.5 Å². The minimum atomic E-state index is -0.546. The van der Waals surface area contributed by atoms with Gasteiger partial charge in [0, 0.05) is 24.5 Å². The molecule has 29 heavy (non-hydrogen) atoms. The minimum Gasteiger partial charge on any atom is -0.338 e. The highest BCUT2D eigenvalue weighted by Crippen LogP contribution is 2.31. The third-order valence-corrected chi connectivity index (χ3v) is 5.20. The van der Waals surface area contributed by atoms with Gasteiger partial charge in [0.1, 0.15) is 0 Å². The van der Waals surface area contributed by atoms with Gasteiger partial charge in [-0.3, -0.25) is 19.7 Å². The molecule has 2 N–H and O–H groups in total. The topological polar surface area (TPSA) is 102 Å². The lowest BCUT2D eigenvalue weighted by Crippen LogP contribution is -2.42. The molecule has 0 fully saturated rings. The van der Waals surface area contributed by atoms with Crippen molar-refractivity contribution in [2.75, 3.05) is 6.54 Å². The number of carbonyl (C=O) groups excluding carboxylic acids is 2. The summed E-state index contributed by atoms with van der Waals surface area (Å²) in [5.41, 5.74) is 2.83. The molecule has 1 aromatic carbocycles. The van der Waals surface area contributed by atoms with Crippen LogP contribution in [0.5, 0.6) is 0 Å². The van der Waals surface area contributed by atoms with Crippen molar-refractivity contribution in [3.63, 3.8) is 0 Å². The number of pyridine rings is 1. The van der Waals surface area contributed by atoms with Gasteiger partial charge in [0.25, 0.3) is 0 Å². The Kier molecular flexibility index (Phi) is 6.61. The van der Waals surface area contributed by atoms with Gasteiger partial charge >= 0.3 is 6.03 Å². The predicted molar refractivity (Wildman–Crippen MR) is 112 cm³/mol. The molecular formula is C20H22N6O2S. The third-order valence-electron chi connectivity index (χ3n) is 4.15. The lowest BCUT2D eigenvalue weighted by atomic mass is 10.2. The Hall–Kier alpha value is -3.20. The van der Waals surface area contributed by atoms with Crippen LogP contribution in [-0.2, 0) is 4.79 Å². The summed E-state index contributed by atoms with van der Waals surface area (Å²) in [5.74, 6) is 0.256. The Bertz CT molecular complexity index is 1010. The molecule has 0 saturated heterocycles. The maximum absolute atomic E-state index is 12.4. The smallest absolute Gasteiger partial charge is 0.321 e. The highest BCUT2D eigenvalue weighted by Gasteiger charge is 2.23. The van der Waals surface area contributed by atoms with E-state index < -0.39 is 17.2 Å². The van der Waals surface area contributed by atoms with E-state index in [9.17, 15) is 9.59 Å². The van der Waals surface area contributed by atoms with Crippen LogP contribution >= 0.6 is 11.8 Å². The second kappa shape index (κ2) is 9.33. The first-order valence-corrected chi connectivity index (χ1v) is 10.1. The first-order chi connectivity index (χ1) is 14.0. The van der Waals surface area contributed by atoms with Gasteiger partial charge in [0.15, 0.2) is 11.0 Å². The molecule has 0 spiro atoms. The van der Waals surface area contributed by atoms with Crippen molar-refractivity contribution in [1.29, 1.82) is 0 Å². The highest BCUT2D eigenvalue weighted by atomic mass is 32.2. The Morgan fingerprint density at radius 3 is 2.55 bits per heavy atom. The van der Waals surface area contributed by atoms with E-state index in [1.54, 1.807) is 26.2 Å². The predicted octanol–water partition coefficient (Wildman–Crippen LogP) is 2.96. The number of carbonyl (C=O) groups is 2. The van der Waals surface area contributed by atoms with Crippen molar-refractivity contribution in [1.82, 2.24) is 30.4 Å². The van der Waals surface area contributed by atoms with Crippen molar-refractivity contribution >= 4 is 23.7 Å². The summed E-state index contributed by atoms with van der Waals surface area (Å²) in [6, 6.07) is 11.1. The van der Waals surface area contributed by atoms with Gasteiger partial charge < -0.3 is 5.32 Å². The number of benzene rings is 1. The van der Waals surface area contributed by atoms with Crippen LogP contribution in [0.4, 0.5) is 4.79 Å². The molecule has 1 atom stereocenters. The molecule has 3 amide bonds. The van der Waals surface area contributed by atoms with E-state index >= 15 is 0 Å². The van der Waals surface area contributed by atoms with E-state index in [-0.39, 0.29) is 0 Å². The van der Waals surface area contributed by atoms with Crippen LogP contribution in [0, 0.1) is 6.92 Å². The van der Waals surface area contributed by atoms with Gasteiger partial charge in [-0.25, -0.2) is 4.79 Å². The molecule has 2 aromatic heterocycles. The molecule has 0 radical (unpaired) electrons. The van der Waals surface area contributed by atoms with E-state index in [4.69, 9.17) is 0 Å². The van der Waals surface area contributed by atoms with Crippen LogP contribution in [0.3, 0.4) is 0 Å². The number of urea groups is 1. The number of thioether (sulfide) groups is 1. The van der Waals surface area contributed by atoms with Crippen LogP contribution in [0.25, 0.3) is 17.1 Å². The highest BCUT2D eigenvalue weighted by molar-refractivity contribution is 8.00. The molecule has 0 saturated carbocycles. The maximum Gasteiger partial charge on any atom is 0.321 e. The molecule has 0 aliphatic heterocycles. The zero-order chi connectivity index (χ0) is 20.8. The summed E-state index contributed by atoms with van der Waals surface area (Å²) < 4.78 is 1.92. The SMILES string of the molecule is CCNC(=O)NC(=O)[C@H](C)Sc1nnc(-c2ccncc2)n1-c1ccccc1C. The average molecular weight is 411 g/mol. The molecule has 0 bridgehead atoms. The molecule has 3 rings (SSSR count). The van der Waals surface area contributed by atoms with E-state index in [0.717, 1.165) is 16.8 Å². The number of para-hydroxylation sites is 1. The fraction of sp³-hybridized carbons (Fsp3) is 0.250. The largest absolute Gasteiger partial charge is 0.338 e. The van der Waals surface area contributed by atoms with Crippen molar-refractivity contribution < 1.29 is 9.59 Å². The van der Waals surface area contributed by atoms with Crippen molar-refractivity contribution in [2.24, 2.45) is 0 Å². The summed E-state index contributed by atoms with van der Waals surface area (Å²) in [6.07, 6.45) is 3.39. The van der Waals surface area contributed by atoms with Crippen molar-refractivity contribution in [3.8, 4) is 17.1 Å². The summed E-state index contributed by atoms with van der Waals surface area (Å²) in [6.45, 7) is 5.96. The van der Waals surface area contributed by atoms with Crippen LogP contribution in [0.15, 0.2) is 53.9 Å². The number of aromatic nitrogens is 4. The molecule has 2 heterocycles. The van der Waals surface area contributed by atoms with Gasteiger partial charge in [0.05, 0.1) is 10.9 Å². The molecular weight excluding hydrogens is 388 g/mol. The van der Waals surface area contributed by atoms with Gasteiger partial charge in [-0.15, -0.1) is 10.2 Å². The van der Waals surface area contributed by atoms with E-state index in [1.165, 1.54) is 11.8 Å². The van der Waals surface area contributed by atoms with Crippen molar-refractivity contribution in [2.45, 2.75) is 31.2 Å². The van der Waals surface area contributed by atoms with Crippen LogP contribution in [0.2, 0.25) is 0 Å². The average Bonchev–Trinajstić information content (AvgIpc) is 3.12. The zero-order valence-corrected chi connectivity index (χ0v) is 17.2. The first-order valence-electron chi connectivity index (χ1n) is 9.18. The zero-order valence-electron chi connectivity index (χ0n) is 16.4. The lowest BCUT2D eigenvalue weighted by Gasteiger charge is -2.15. The summed E-state index contributed by atoms with van der Waals surface area (Å²) in [5, 5.41) is 13.6. The Balaban J connectivity index is 1.95. The standard InChI is InChI=1S/C20H22N6O2S/c1-4-22-19(28)23-18(27)14(3)29-20-25-24-17(15-9-11-21-12-10-15)26(20)16-8-6-5-7-13(16)2/h5-12,14H,4H2,1-3H3,(H2,22,23,27,28)/t14-/m0/s1. The van der Waals surface area contributed by atoms with Gasteiger partial charge in [0.2, 0.25) is 5.91 Å². The third kappa shape index (κ3) is 4.80. The van der Waals surface area contributed by atoms with Crippen molar-refractivity contribution in [3.05, 3.63) is 54.4 Å². The number of hydrogen-bond donors (Lipinski definition) is 2. The molecule has 0 aliphatic carbocycles. The lowest BCUT2D eigenvalue weighted by molar-refractivity contribution is -0.119. The van der Waals surface area contributed by atoms with E-state index in [2.05, 4.69) is 25.8 Å². The minimum absolute atomic E-state index is 0.397.